The predicted molar refractivity (Wildman–Crippen MR) is 76.4 cm³/mol. The Bertz CT molecular complexity index is 322. The molecule has 0 aromatic rings. The summed E-state index contributed by atoms with van der Waals surface area (Å²) in [6.45, 7) is 8.01. The first-order valence-electron chi connectivity index (χ1n) is 6.27. The lowest BCUT2D eigenvalue weighted by Crippen LogP contribution is -2.46. The zero-order valence-electron chi connectivity index (χ0n) is 11.6. The Morgan fingerprint density at radius 2 is 2.00 bits per heavy atom. The number of carbonyl (C=O) groups is 1. The summed E-state index contributed by atoms with van der Waals surface area (Å²) in [6, 6.07) is 0. The Balaban J connectivity index is 2.55. The Morgan fingerprint density at radius 3 is 2.47 bits per heavy atom. The highest BCUT2D eigenvalue weighted by atomic mass is 35.5. The van der Waals surface area contributed by atoms with Crippen LogP contribution >= 0.6 is 23.2 Å². The Kier molecular flexibility index (Phi) is 6.60. The topological polar surface area (TPSA) is 38.8 Å². The summed E-state index contributed by atoms with van der Waals surface area (Å²) >= 11 is 11.3. The Hall–Kier alpha value is -0.290. The lowest BCUT2D eigenvalue weighted by molar-refractivity contribution is -0.226. The zero-order chi connectivity index (χ0) is 14.5. The van der Waals surface area contributed by atoms with Crippen molar-refractivity contribution in [1.82, 2.24) is 4.90 Å². The highest BCUT2D eigenvalue weighted by molar-refractivity contribution is 6.53. The van der Waals surface area contributed by atoms with Crippen molar-refractivity contribution in [3.63, 3.8) is 0 Å². The number of nitrogens with zero attached hydrogens (tertiary/aromatic N) is 1. The van der Waals surface area contributed by atoms with E-state index in [2.05, 4.69) is 13.8 Å². The van der Waals surface area contributed by atoms with Gasteiger partial charge in [-0.1, -0.05) is 49.2 Å². The molecular formula is C13H21Cl2NO3. The molecular weight excluding hydrogens is 289 g/mol. The standard InChI is InChI=1S/C13H21Cl2NO3/c1-4-5-6-16(12(17)11(14)15)7-10-18-8-13(2,3)9-19-10/h4-5,10-11H,6-9H2,1-3H3. The van der Waals surface area contributed by atoms with Crippen LogP contribution in [0.4, 0.5) is 0 Å². The van der Waals surface area contributed by atoms with Crippen molar-refractivity contribution in [2.24, 2.45) is 5.41 Å². The van der Waals surface area contributed by atoms with Crippen LogP contribution in [0.2, 0.25) is 0 Å². The number of rotatable bonds is 5. The van der Waals surface area contributed by atoms with Gasteiger partial charge in [0.15, 0.2) is 11.1 Å². The van der Waals surface area contributed by atoms with Crippen LogP contribution in [0.1, 0.15) is 20.8 Å². The first kappa shape index (κ1) is 16.8. The van der Waals surface area contributed by atoms with Crippen LogP contribution in [0, 0.1) is 5.41 Å². The molecule has 0 aromatic carbocycles. The maximum Gasteiger partial charge on any atom is 0.256 e. The van der Waals surface area contributed by atoms with E-state index in [-0.39, 0.29) is 11.3 Å². The molecule has 6 heteroatoms. The van der Waals surface area contributed by atoms with E-state index in [1.165, 1.54) is 4.90 Å². The maximum atomic E-state index is 11.9. The van der Waals surface area contributed by atoms with E-state index < -0.39 is 11.1 Å². The summed E-state index contributed by atoms with van der Waals surface area (Å²) in [5.41, 5.74) is 0.0101. The first-order chi connectivity index (χ1) is 8.85. The summed E-state index contributed by atoms with van der Waals surface area (Å²) in [5, 5.41) is 0. The Labute approximate surface area is 124 Å². The van der Waals surface area contributed by atoms with E-state index in [1.807, 2.05) is 19.1 Å². The highest BCUT2D eigenvalue weighted by Gasteiger charge is 2.31. The number of allylic oxidation sites excluding steroid dienone is 1. The van der Waals surface area contributed by atoms with E-state index in [4.69, 9.17) is 32.7 Å². The predicted octanol–water partition coefficient (Wildman–Crippen LogP) is 2.59. The normalized spacial score (nSPS) is 20.1. The van der Waals surface area contributed by atoms with Gasteiger partial charge in [0.05, 0.1) is 19.8 Å². The van der Waals surface area contributed by atoms with Gasteiger partial charge in [-0.3, -0.25) is 4.79 Å². The summed E-state index contributed by atoms with van der Waals surface area (Å²) in [4.78, 5) is 12.3. The second-order valence-electron chi connectivity index (χ2n) is 5.33. The molecule has 0 unspecified atom stereocenters. The molecule has 1 heterocycles. The van der Waals surface area contributed by atoms with Crippen LogP contribution in [-0.2, 0) is 14.3 Å². The highest BCUT2D eigenvalue weighted by Crippen LogP contribution is 2.23. The summed E-state index contributed by atoms with van der Waals surface area (Å²) in [6.07, 6.45) is 3.30. The van der Waals surface area contributed by atoms with Gasteiger partial charge in [-0.05, 0) is 6.92 Å². The third-order valence-electron chi connectivity index (χ3n) is 2.75. The zero-order valence-corrected chi connectivity index (χ0v) is 13.1. The average Bonchev–Trinajstić information content (AvgIpc) is 2.35. The molecule has 4 nitrogen and oxygen atoms in total. The van der Waals surface area contributed by atoms with Crippen LogP contribution in [0.5, 0.6) is 0 Å². The molecule has 19 heavy (non-hydrogen) atoms. The number of hydrogen-bond donors (Lipinski definition) is 0. The van der Waals surface area contributed by atoms with Crippen LogP contribution in [0.3, 0.4) is 0 Å². The number of halogens is 2. The van der Waals surface area contributed by atoms with Crippen molar-refractivity contribution < 1.29 is 14.3 Å². The smallest absolute Gasteiger partial charge is 0.256 e. The van der Waals surface area contributed by atoms with Crippen LogP contribution in [-0.4, -0.2) is 48.2 Å². The van der Waals surface area contributed by atoms with Crippen LogP contribution < -0.4 is 0 Å². The summed E-state index contributed by atoms with van der Waals surface area (Å²) in [5.74, 6) is -0.335. The first-order valence-corrected chi connectivity index (χ1v) is 7.14. The molecule has 0 N–H and O–H groups in total. The fourth-order valence-electron chi connectivity index (χ4n) is 1.64. The van der Waals surface area contributed by atoms with E-state index in [9.17, 15) is 4.79 Å². The lowest BCUT2D eigenvalue weighted by Gasteiger charge is -2.36. The van der Waals surface area contributed by atoms with Crippen molar-refractivity contribution in [1.29, 1.82) is 0 Å². The van der Waals surface area contributed by atoms with Crippen LogP contribution in [0.25, 0.3) is 0 Å². The fraction of sp³-hybridized carbons (Fsp3) is 0.769. The number of ether oxygens (including phenoxy) is 2. The van der Waals surface area contributed by atoms with Gasteiger partial charge >= 0.3 is 0 Å². The van der Waals surface area contributed by atoms with Gasteiger partial charge in [0.25, 0.3) is 5.91 Å². The van der Waals surface area contributed by atoms with Crippen molar-refractivity contribution in [2.45, 2.75) is 31.9 Å². The summed E-state index contributed by atoms with van der Waals surface area (Å²) in [7, 11) is 0. The van der Waals surface area contributed by atoms with E-state index in [0.29, 0.717) is 26.3 Å². The molecule has 0 bridgehead atoms. The molecule has 0 aliphatic carbocycles. The minimum atomic E-state index is -1.06. The van der Waals surface area contributed by atoms with E-state index in [0.717, 1.165) is 0 Å². The lowest BCUT2D eigenvalue weighted by atomic mass is 9.96. The Morgan fingerprint density at radius 1 is 1.42 bits per heavy atom. The van der Waals surface area contributed by atoms with Crippen LogP contribution in [0.15, 0.2) is 12.2 Å². The molecule has 0 aromatic heterocycles. The molecule has 0 atom stereocenters. The molecule has 1 aliphatic rings. The average molecular weight is 310 g/mol. The molecule has 110 valence electrons. The number of amides is 1. The largest absolute Gasteiger partial charge is 0.350 e. The number of hydrogen-bond acceptors (Lipinski definition) is 3. The number of alkyl halides is 2. The summed E-state index contributed by atoms with van der Waals surface area (Å²) < 4.78 is 11.2. The van der Waals surface area contributed by atoms with Gasteiger partial charge in [-0.15, -0.1) is 0 Å². The molecule has 1 aliphatic heterocycles. The third kappa shape index (κ3) is 5.69. The van der Waals surface area contributed by atoms with Gasteiger partial charge in [-0.25, -0.2) is 0 Å². The van der Waals surface area contributed by atoms with Crippen molar-refractivity contribution >= 4 is 29.1 Å². The fourth-order valence-corrected chi connectivity index (χ4v) is 1.91. The molecule has 0 saturated carbocycles. The second-order valence-corrected chi connectivity index (χ2v) is 6.42. The maximum absolute atomic E-state index is 11.9. The quantitative estimate of drug-likeness (QED) is 0.579. The second kappa shape index (κ2) is 7.48. The molecule has 1 amide bonds. The molecule has 0 radical (unpaired) electrons. The SMILES string of the molecule is CC=CCN(CC1OCC(C)(C)CO1)C(=O)C(Cl)Cl. The molecule has 0 spiro atoms. The van der Waals surface area contributed by atoms with Crippen molar-refractivity contribution in [3.8, 4) is 0 Å². The van der Waals surface area contributed by atoms with Gasteiger partial charge < -0.3 is 14.4 Å². The molecule has 1 saturated heterocycles. The number of carbonyl (C=O) groups excluding carboxylic acids is 1. The van der Waals surface area contributed by atoms with Gasteiger partial charge in [-0.2, -0.15) is 0 Å². The monoisotopic (exact) mass is 309 g/mol. The van der Waals surface area contributed by atoms with E-state index >= 15 is 0 Å². The van der Waals surface area contributed by atoms with E-state index in [1.54, 1.807) is 0 Å². The van der Waals surface area contributed by atoms with Gasteiger partial charge in [0.1, 0.15) is 0 Å². The minimum absolute atomic E-state index is 0.0101. The van der Waals surface area contributed by atoms with Crippen molar-refractivity contribution in [3.05, 3.63) is 12.2 Å². The minimum Gasteiger partial charge on any atom is -0.350 e. The van der Waals surface area contributed by atoms with Crippen molar-refractivity contribution in [2.75, 3.05) is 26.3 Å². The molecule has 1 rings (SSSR count). The third-order valence-corrected chi connectivity index (χ3v) is 3.12. The van der Waals surface area contributed by atoms with Gasteiger partial charge in [0.2, 0.25) is 0 Å². The van der Waals surface area contributed by atoms with Gasteiger partial charge in [0, 0.05) is 12.0 Å². The molecule has 1 fully saturated rings.